The second-order valence-electron chi connectivity index (χ2n) is 7.36. The van der Waals surface area contributed by atoms with Gasteiger partial charge in [-0.2, -0.15) is 5.26 Å². The molecule has 1 saturated heterocycles. The van der Waals surface area contributed by atoms with Crippen LogP contribution in [0.4, 0.5) is 10.2 Å². The summed E-state index contributed by atoms with van der Waals surface area (Å²) in [5.74, 6) is 0.796. The molecule has 2 fully saturated rings. The van der Waals surface area contributed by atoms with Crippen LogP contribution >= 0.6 is 0 Å². The molecule has 1 aromatic heterocycles. The van der Waals surface area contributed by atoms with Crippen LogP contribution in [0.3, 0.4) is 0 Å². The van der Waals surface area contributed by atoms with Crippen molar-refractivity contribution in [3.05, 3.63) is 30.1 Å². The third kappa shape index (κ3) is 4.02. The van der Waals surface area contributed by atoms with E-state index in [1.165, 1.54) is 0 Å². The monoisotopic (exact) mass is 369 g/mol. The Bertz CT molecular complexity index is 831. The third-order valence-electron chi connectivity index (χ3n) is 5.66. The van der Waals surface area contributed by atoms with Gasteiger partial charge in [0.15, 0.2) is 0 Å². The van der Waals surface area contributed by atoms with Crippen molar-refractivity contribution in [1.29, 1.82) is 5.26 Å². The van der Waals surface area contributed by atoms with Crippen molar-refractivity contribution in [2.75, 3.05) is 31.7 Å². The molecular weight excluding hydrogens is 345 g/mol. The van der Waals surface area contributed by atoms with E-state index in [9.17, 15) is 4.39 Å². The van der Waals surface area contributed by atoms with Crippen LogP contribution in [0, 0.1) is 11.3 Å². The van der Waals surface area contributed by atoms with Crippen LogP contribution in [0.25, 0.3) is 10.9 Å². The van der Waals surface area contributed by atoms with Crippen LogP contribution in [0.15, 0.2) is 24.5 Å². The average molecular weight is 369 g/mol. The smallest absolute Gasteiger partial charge is 0.137 e. The largest absolute Gasteiger partial charge is 0.373 e. The summed E-state index contributed by atoms with van der Waals surface area (Å²) in [6, 6.07) is 8.51. The minimum atomic E-state index is -0.404. The van der Waals surface area contributed by atoms with Gasteiger partial charge in [0.05, 0.1) is 29.9 Å². The summed E-state index contributed by atoms with van der Waals surface area (Å²) >= 11 is 0. The number of rotatable bonds is 4. The van der Waals surface area contributed by atoms with E-state index in [2.05, 4.69) is 26.3 Å². The minimum absolute atomic E-state index is 0.267. The summed E-state index contributed by atoms with van der Waals surface area (Å²) in [6.45, 7) is 1.82. The number of fused-ring (bicyclic) bond motifs is 1. The van der Waals surface area contributed by atoms with Crippen molar-refractivity contribution in [2.24, 2.45) is 0 Å². The van der Waals surface area contributed by atoms with Crippen molar-refractivity contribution >= 4 is 16.7 Å². The van der Waals surface area contributed by atoms with Crippen LogP contribution in [-0.2, 0) is 4.74 Å². The highest BCUT2D eigenvalue weighted by Gasteiger charge is 2.30. The Hall–Kier alpha value is -2.30. The fourth-order valence-electron chi connectivity index (χ4n) is 4.19. The first-order valence-electron chi connectivity index (χ1n) is 9.60. The van der Waals surface area contributed by atoms with Crippen molar-refractivity contribution in [1.82, 2.24) is 14.9 Å². The number of morpholine rings is 1. The van der Waals surface area contributed by atoms with Crippen LogP contribution in [0.5, 0.6) is 0 Å². The highest BCUT2D eigenvalue weighted by atomic mass is 19.1. The predicted octanol–water partition coefficient (Wildman–Crippen LogP) is 2.89. The number of benzene rings is 1. The molecule has 142 valence electrons. The lowest BCUT2D eigenvalue weighted by molar-refractivity contribution is -0.0568. The summed E-state index contributed by atoms with van der Waals surface area (Å²) in [5.41, 5.74) is 1.45. The maximum Gasteiger partial charge on any atom is 0.137 e. The van der Waals surface area contributed by atoms with Gasteiger partial charge in [-0.1, -0.05) is 0 Å². The van der Waals surface area contributed by atoms with E-state index in [1.54, 1.807) is 12.4 Å². The molecule has 1 aliphatic carbocycles. The second-order valence-corrected chi connectivity index (χ2v) is 7.36. The summed E-state index contributed by atoms with van der Waals surface area (Å²) in [5, 5.41) is 13.6. The maximum absolute atomic E-state index is 12.9. The minimum Gasteiger partial charge on any atom is -0.373 e. The lowest BCUT2D eigenvalue weighted by atomic mass is 9.89. The molecule has 1 aromatic carbocycles. The third-order valence-corrected chi connectivity index (χ3v) is 5.66. The molecule has 1 aliphatic heterocycles. The molecule has 0 spiro atoms. The maximum atomic E-state index is 12.9. The van der Waals surface area contributed by atoms with E-state index in [4.69, 9.17) is 10.00 Å². The fraction of sp³-hybridized carbons (Fsp3) is 0.550. The molecule has 0 bridgehead atoms. The molecule has 2 heterocycles. The van der Waals surface area contributed by atoms with Gasteiger partial charge in [0.25, 0.3) is 0 Å². The van der Waals surface area contributed by atoms with Crippen molar-refractivity contribution in [2.45, 2.75) is 43.9 Å². The van der Waals surface area contributed by atoms with Gasteiger partial charge in [0, 0.05) is 30.6 Å². The molecule has 1 unspecified atom stereocenters. The first kappa shape index (κ1) is 18.1. The summed E-state index contributed by atoms with van der Waals surface area (Å²) < 4.78 is 18.4. The summed E-state index contributed by atoms with van der Waals surface area (Å²) in [7, 11) is 0. The summed E-state index contributed by atoms with van der Waals surface area (Å²) in [6.07, 6.45) is 5.56. The predicted molar refractivity (Wildman–Crippen MR) is 101 cm³/mol. The molecule has 0 radical (unpaired) electrons. The summed E-state index contributed by atoms with van der Waals surface area (Å²) in [4.78, 5) is 11.1. The van der Waals surface area contributed by atoms with E-state index in [0.29, 0.717) is 30.8 Å². The Morgan fingerprint density at radius 1 is 1.26 bits per heavy atom. The van der Waals surface area contributed by atoms with Crippen LogP contribution < -0.4 is 5.32 Å². The highest BCUT2D eigenvalue weighted by molar-refractivity contribution is 5.89. The number of ether oxygens (including phenoxy) is 1. The number of nitrogens with zero attached hydrogens (tertiary/aromatic N) is 4. The molecular formula is C20H24FN5O. The van der Waals surface area contributed by atoms with Gasteiger partial charge in [0.1, 0.15) is 18.8 Å². The van der Waals surface area contributed by atoms with E-state index < -0.39 is 6.67 Å². The van der Waals surface area contributed by atoms with Crippen LogP contribution in [-0.4, -0.2) is 59.4 Å². The zero-order valence-corrected chi connectivity index (χ0v) is 15.3. The molecule has 1 N–H and O–H groups in total. The Kier molecular flexibility index (Phi) is 5.46. The van der Waals surface area contributed by atoms with Crippen LogP contribution in [0.2, 0.25) is 0 Å². The molecule has 27 heavy (non-hydrogen) atoms. The zero-order chi connectivity index (χ0) is 18.6. The normalized spacial score (nSPS) is 26.6. The number of nitriles is 1. The molecule has 1 saturated carbocycles. The number of anilines is 1. The van der Waals surface area contributed by atoms with Gasteiger partial charge in [-0.3, -0.25) is 4.90 Å². The molecule has 6 nitrogen and oxygen atoms in total. The van der Waals surface area contributed by atoms with Gasteiger partial charge >= 0.3 is 0 Å². The fourth-order valence-corrected chi connectivity index (χ4v) is 4.19. The Morgan fingerprint density at radius 2 is 2.11 bits per heavy atom. The second kappa shape index (κ2) is 8.15. The number of hydrogen-bond acceptors (Lipinski definition) is 6. The van der Waals surface area contributed by atoms with Crippen LogP contribution in [0.1, 0.15) is 31.2 Å². The lowest BCUT2D eigenvalue weighted by Gasteiger charge is -2.41. The Labute approximate surface area is 158 Å². The molecule has 7 heteroatoms. The van der Waals surface area contributed by atoms with Gasteiger partial charge in [-0.05, 0) is 43.9 Å². The number of nitrogens with one attached hydrogen (secondary N) is 1. The van der Waals surface area contributed by atoms with Crippen molar-refractivity contribution in [3.8, 4) is 6.07 Å². The topological polar surface area (TPSA) is 74.1 Å². The molecule has 2 aliphatic rings. The number of alkyl halides is 1. The average Bonchev–Trinajstić information content (AvgIpc) is 2.74. The first-order valence-corrected chi connectivity index (χ1v) is 9.60. The quantitative estimate of drug-likeness (QED) is 0.893. The number of hydrogen-bond donors (Lipinski definition) is 1. The van der Waals surface area contributed by atoms with E-state index in [1.807, 2.05) is 12.1 Å². The molecule has 0 amide bonds. The van der Waals surface area contributed by atoms with Crippen molar-refractivity contribution < 1.29 is 9.13 Å². The SMILES string of the molecule is N#Cc1ccc2ncnc(N[C@H]3CC[C@H](N4CCOC(CF)C4)CC3)c2c1. The van der Waals surface area contributed by atoms with Crippen molar-refractivity contribution in [3.63, 3.8) is 0 Å². The van der Waals surface area contributed by atoms with E-state index in [-0.39, 0.29) is 6.10 Å². The zero-order valence-electron chi connectivity index (χ0n) is 15.3. The number of aromatic nitrogens is 2. The van der Waals surface area contributed by atoms with E-state index in [0.717, 1.165) is 48.9 Å². The number of halogens is 1. The standard InChI is InChI=1S/C20H24FN5O/c21-10-17-12-26(7-8-27-17)16-4-2-15(3-5-16)25-20-18-9-14(11-22)1-6-19(18)23-13-24-20/h1,6,9,13,15-17H,2-5,7-8,10,12H2,(H,23,24,25)/t15-,16-,17?. The Morgan fingerprint density at radius 3 is 2.89 bits per heavy atom. The highest BCUT2D eigenvalue weighted by Crippen LogP contribution is 2.28. The van der Waals surface area contributed by atoms with E-state index >= 15 is 0 Å². The Balaban J connectivity index is 1.40. The lowest BCUT2D eigenvalue weighted by Crippen LogP contribution is -2.50. The molecule has 1 atom stereocenters. The molecule has 2 aromatic rings. The van der Waals surface area contributed by atoms with Gasteiger partial charge in [-0.25, -0.2) is 14.4 Å². The van der Waals surface area contributed by atoms with Gasteiger partial charge in [0.2, 0.25) is 0 Å². The molecule has 4 rings (SSSR count). The first-order chi connectivity index (χ1) is 13.3. The van der Waals surface area contributed by atoms with Gasteiger partial charge < -0.3 is 10.1 Å². The van der Waals surface area contributed by atoms with Gasteiger partial charge in [-0.15, -0.1) is 0 Å².